The Morgan fingerprint density at radius 1 is 1.17 bits per heavy atom. The fourth-order valence-corrected chi connectivity index (χ4v) is 5.31. The summed E-state index contributed by atoms with van der Waals surface area (Å²) >= 11 is 0. The van der Waals surface area contributed by atoms with Gasteiger partial charge in [0, 0.05) is 23.4 Å². The molecule has 3 aromatic rings. The lowest BCUT2D eigenvalue weighted by Crippen LogP contribution is -2.23. The van der Waals surface area contributed by atoms with Gasteiger partial charge in [-0.2, -0.15) is 0 Å². The number of carbonyl (C=O) groups is 2. The van der Waals surface area contributed by atoms with Crippen LogP contribution in [-0.4, -0.2) is 43.1 Å². The summed E-state index contributed by atoms with van der Waals surface area (Å²) < 4.78 is 29.1. The molecule has 9 heteroatoms. The molecule has 0 saturated heterocycles. The maximum absolute atomic E-state index is 12.7. The molecule has 0 aliphatic heterocycles. The number of rotatable bonds is 7. The van der Waals surface area contributed by atoms with Crippen molar-refractivity contribution in [3.63, 3.8) is 0 Å². The molecule has 2 heterocycles. The highest BCUT2D eigenvalue weighted by molar-refractivity contribution is 7.90. The molecular formula is C27H29N3O5S. The highest BCUT2D eigenvalue weighted by Crippen LogP contribution is 2.30. The first-order valence-corrected chi connectivity index (χ1v) is 13.8. The summed E-state index contributed by atoms with van der Waals surface area (Å²) in [5.41, 5.74) is 4.05. The predicted molar refractivity (Wildman–Crippen MR) is 137 cm³/mol. The number of sulfone groups is 1. The van der Waals surface area contributed by atoms with E-state index in [-0.39, 0.29) is 34.8 Å². The van der Waals surface area contributed by atoms with E-state index in [1.54, 1.807) is 32.2 Å². The van der Waals surface area contributed by atoms with Crippen LogP contribution in [0, 0.1) is 12.8 Å². The normalized spacial score (nSPS) is 15.9. The van der Waals surface area contributed by atoms with Gasteiger partial charge in [0.15, 0.2) is 9.84 Å². The summed E-state index contributed by atoms with van der Waals surface area (Å²) in [4.78, 5) is 34.2. The number of aryl methyl sites for hydroxylation is 1. The molecule has 0 spiro atoms. The minimum Gasteiger partial charge on any atom is -0.466 e. The van der Waals surface area contributed by atoms with Crippen molar-refractivity contribution < 1.29 is 22.7 Å². The van der Waals surface area contributed by atoms with Crippen molar-refractivity contribution in [2.24, 2.45) is 5.92 Å². The molecule has 36 heavy (non-hydrogen) atoms. The van der Waals surface area contributed by atoms with E-state index in [1.807, 2.05) is 24.3 Å². The molecule has 0 radical (unpaired) electrons. The summed E-state index contributed by atoms with van der Waals surface area (Å²) in [5, 5.41) is 3.66. The van der Waals surface area contributed by atoms with Crippen LogP contribution in [0.5, 0.6) is 0 Å². The van der Waals surface area contributed by atoms with E-state index in [1.165, 1.54) is 6.07 Å². The third-order valence-corrected chi connectivity index (χ3v) is 7.43. The van der Waals surface area contributed by atoms with Crippen LogP contribution in [0.15, 0.2) is 53.6 Å². The maximum Gasteiger partial charge on any atom is 0.312 e. The summed E-state index contributed by atoms with van der Waals surface area (Å²) in [5.74, 6) is -0.838. The number of esters is 1. The van der Waals surface area contributed by atoms with Crippen LogP contribution < -0.4 is 5.32 Å². The number of amides is 1. The zero-order valence-electron chi connectivity index (χ0n) is 20.6. The van der Waals surface area contributed by atoms with E-state index >= 15 is 0 Å². The molecule has 1 aliphatic carbocycles. The largest absolute Gasteiger partial charge is 0.466 e. The van der Waals surface area contributed by atoms with Gasteiger partial charge in [-0.3, -0.25) is 14.6 Å². The van der Waals surface area contributed by atoms with Crippen molar-refractivity contribution in [3.05, 3.63) is 71.2 Å². The summed E-state index contributed by atoms with van der Waals surface area (Å²) in [7, 11) is -3.44. The third-order valence-electron chi connectivity index (χ3n) is 6.19. The minimum absolute atomic E-state index is 0.137. The van der Waals surface area contributed by atoms with E-state index in [2.05, 4.69) is 10.3 Å². The number of aromatic nitrogens is 2. The Hall–Kier alpha value is -3.59. The molecule has 2 aromatic heterocycles. The average molecular weight is 508 g/mol. The fraction of sp³-hybridized carbons (Fsp3) is 0.333. The zero-order valence-corrected chi connectivity index (χ0v) is 21.4. The van der Waals surface area contributed by atoms with Gasteiger partial charge < -0.3 is 10.1 Å². The molecule has 0 fully saturated rings. The van der Waals surface area contributed by atoms with Gasteiger partial charge in [-0.1, -0.05) is 12.1 Å². The second-order valence-corrected chi connectivity index (χ2v) is 10.9. The molecule has 1 N–H and O–H groups in total. The smallest absolute Gasteiger partial charge is 0.312 e. The summed E-state index contributed by atoms with van der Waals surface area (Å²) in [6.07, 6.45) is 7.30. The fourth-order valence-electron chi connectivity index (χ4n) is 4.32. The third kappa shape index (κ3) is 5.79. The van der Waals surface area contributed by atoms with Gasteiger partial charge in [0.25, 0.3) is 5.91 Å². The van der Waals surface area contributed by atoms with Gasteiger partial charge in [0.1, 0.15) is 0 Å². The Kier molecular flexibility index (Phi) is 7.49. The second kappa shape index (κ2) is 10.6. The first-order chi connectivity index (χ1) is 17.2. The molecule has 1 aromatic carbocycles. The minimum atomic E-state index is -3.44. The average Bonchev–Trinajstić information content (AvgIpc) is 2.86. The van der Waals surface area contributed by atoms with E-state index in [9.17, 15) is 18.0 Å². The molecule has 1 amide bonds. The molecule has 8 nitrogen and oxygen atoms in total. The van der Waals surface area contributed by atoms with Crippen LogP contribution in [0.25, 0.3) is 16.5 Å². The van der Waals surface area contributed by atoms with Crippen molar-refractivity contribution in [1.82, 2.24) is 15.3 Å². The number of hydrogen-bond acceptors (Lipinski definition) is 7. The molecule has 1 unspecified atom stereocenters. The molecule has 0 bridgehead atoms. The predicted octanol–water partition coefficient (Wildman–Crippen LogP) is 4.02. The lowest BCUT2D eigenvalue weighted by Gasteiger charge is -2.19. The molecular weight excluding hydrogens is 478 g/mol. The Morgan fingerprint density at radius 2 is 1.97 bits per heavy atom. The van der Waals surface area contributed by atoms with E-state index in [0.717, 1.165) is 47.7 Å². The van der Waals surface area contributed by atoms with Crippen LogP contribution >= 0.6 is 0 Å². The standard InChI is InChI=1S/C27H29N3O5S/c1-4-35-27(32)20-7-5-6-18(12-20)23-11-10-21-15-28-22(14-24(21)30-23)16-29-26(31)19-9-8-17(2)25(13-19)36(3,33)34/h8-15,20H,4-7,16H2,1-3H3,(H,29,31). The SMILES string of the molecule is CCOC(=O)C1C=C(c2ccc3cnc(CNC(=O)c4ccc(C)c(S(C)(=O)=O)c4)cc3n2)CCC1. The van der Waals surface area contributed by atoms with Crippen LogP contribution in [0.2, 0.25) is 0 Å². The molecule has 1 atom stereocenters. The number of ether oxygens (including phenoxy) is 1. The number of benzene rings is 1. The number of fused-ring (bicyclic) bond motifs is 1. The summed E-state index contributed by atoms with van der Waals surface area (Å²) in [6, 6.07) is 10.3. The van der Waals surface area contributed by atoms with Gasteiger partial charge in [-0.05, 0) is 74.6 Å². The first kappa shape index (κ1) is 25.5. The number of nitrogens with one attached hydrogen (secondary N) is 1. The quantitative estimate of drug-likeness (QED) is 0.480. The van der Waals surface area contributed by atoms with Crippen LogP contribution in [0.4, 0.5) is 0 Å². The Morgan fingerprint density at radius 3 is 2.72 bits per heavy atom. The van der Waals surface area contributed by atoms with Crippen LogP contribution in [0.3, 0.4) is 0 Å². The van der Waals surface area contributed by atoms with Crippen molar-refractivity contribution in [1.29, 1.82) is 0 Å². The molecule has 4 rings (SSSR count). The van der Waals surface area contributed by atoms with Gasteiger partial charge in [-0.15, -0.1) is 0 Å². The lowest BCUT2D eigenvalue weighted by atomic mass is 9.89. The van der Waals surface area contributed by atoms with Crippen molar-refractivity contribution in [2.45, 2.75) is 44.6 Å². The van der Waals surface area contributed by atoms with E-state index in [0.29, 0.717) is 17.9 Å². The topological polar surface area (TPSA) is 115 Å². The lowest BCUT2D eigenvalue weighted by molar-refractivity contribution is -0.146. The monoisotopic (exact) mass is 507 g/mol. The summed E-state index contributed by atoms with van der Waals surface area (Å²) in [6.45, 7) is 4.02. The molecule has 1 aliphatic rings. The van der Waals surface area contributed by atoms with Gasteiger partial charge >= 0.3 is 5.97 Å². The number of carbonyl (C=O) groups excluding carboxylic acids is 2. The van der Waals surface area contributed by atoms with E-state index < -0.39 is 9.84 Å². The highest BCUT2D eigenvalue weighted by atomic mass is 32.2. The van der Waals surface area contributed by atoms with Crippen molar-refractivity contribution >= 4 is 38.2 Å². The Bertz CT molecular complexity index is 1460. The Balaban J connectivity index is 1.52. The molecule has 0 saturated carbocycles. The van der Waals surface area contributed by atoms with E-state index in [4.69, 9.17) is 9.72 Å². The maximum atomic E-state index is 12.7. The first-order valence-electron chi connectivity index (χ1n) is 11.9. The zero-order chi connectivity index (χ0) is 25.9. The number of pyridine rings is 2. The van der Waals surface area contributed by atoms with Crippen LogP contribution in [0.1, 0.15) is 53.5 Å². The van der Waals surface area contributed by atoms with Gasteiger partial charge in [0.05, 0.1) is 40.9 Å². The van der Waals surface area contributed by atoms with Gasteiger partial charge in [0.2, 0.25) is 0 Å². The van der Waals surface area contributed by atoms with Crippen molar-refractivity contribution in [2.75, 3.05) is 12.9 Å². The van der Waals surface area contributed by atoms with Crippen LogP contribution in [-0.2, 0) is 25.9 Å². The number of hydrogen-bond donors (Lipinski definition) is 1. The highest BCUT2D eigenvalue weighted by Gasteiger charge is 2.23. The van der Waals surface area contributed by atoms with Gasteiger partial charge in [-0.25, -0.2) is 13.4 Å². The Labute approximate surface area is 210 Å². The molecule has 188 valence electrons. The van der Waals surface area contributed by atoms with Crippen molar-refractivity contribution in [3.8, 4) is 0 Å². The number of nitrogens with zero attached hydrogens (tertiary/aromatic N) is 2. The number of allylic oxidation sites excluding steroid dienone is 1. The second-order valence-electron chi connectivity index (χ2n) is 8.94.